The van der Waals surface area contributed by atoms with E-state index in [4.69, 9.17) is 27.9 Å². The Balaban J connectivity index is 1.68. The maximum atomic E-state index is 14.1. The van der Waals surface area contributed by atoms with E-state index in [1.54, 1.807) is 54.6 Å². The number of sulfonamides is 1. The van der Waals surface area contributed by atoms with E-state index in [2.05, 4.69) is 5.32 Å². The van der Waals surface area contributed by atoms with Crippen LogP contribution in [0.4, 0.5) is 5.69 Å². The van der Waals surface area contributed by atoms with E-state index < -0.39 is 34.4 Å². The van der Waals surface area contributed by atoms with Crippen LogP contribution < -0.4 is 14.4 Å². The van der Waals surface area contributed by atoms with Gasteiger partial charge in [0, 0.05) is 35.6 Å². The summed E-state index contributed by atoms with van der Waals surface area (Å²) in [5.74, 6) is 0.0782. The number of ether oxygens (including phenoxy) is 1. The van der Waals surface area contributed by atoms with Gasteiger partial charge in [-0.15, -0.1) is 0 Å². The molecule has 1 atom stereocenters. The summed E-state index contributed by atoms with van der Waals surface area (Å²) >= 11 is 12.9. The molecular formula is C32H31Cl2N3O5S. The third-order valence-electron chi connectivity index (χ3n) is 6.69. The van der Waals surface area contributed by atoms with Gasteiger partial charge in [0.1, 0.15) is 24.1 Å². The maximum Gasteiger partial charge on any atom is 0.244 e. The lowest BCUT2D eigenvalue weighted by Gasteiger charge is -2.33. The van der Waals surface area contributed by atoms with Crippen molar-refractivity contribution < 1.29 is 22.7 Å². The number of halogens is 2. The van der Waals surface area contributed by atoms with Gasteiger partial charge in [-0.25, -0.2) is 8.42 Å². The molecule has 0 heterocycles. The Labute approximate surface area is 261 Å². The van der Waals surface area contributed by atoms with Crippen LogP contribution in [-0.4, -0.2) is 51.0 Å². The molecule has 0 aliphatic rings. The topological polar surface area (TPSA) is 96.0 Å². The summed E-state index contributed by atoms with van der Waals surface area (Å²) in [5.41, 5.74) is 1.51. The molecule has 0 aliphatic carbocycles. The summed E-state index contributed by atoms with van der Waals surface area (Å²) in [7, 11) is -2.45. The second kappa shape index (κ2) is 14.4. The second-order valence-corrected chi connectivity index (χ2v) is 12.4. The molecule has 0 aliphatic heterocycles. The third kappa shape index (κ3) is 8.50. The summed E-state index contributed by atoms with van der Waals surface area (Å²) in [6.45, 7) is -0.689. The minimum atomic E-state index is -3.93. The quantitative estimate of drug-likeness (QED) is 0.207. The molecular weight excluding hydrogens is 609 g/mol. The van der Waals surface area contributed by atoms with Crippen molar-refractivity contribution in [3.8, 4) is 11.5 Å². The number of carbonyl (C=O) groups is 2. The maximum absolute atomic E-state index is 14.1. The number of hydrogen-bond acceptors (Lipinski definition) is 5. The number of benzene rings is 4. The lowest BCUT2D eigenvalue weighted by Crippen LogP contribution is -2.53. The Morgan fingerprint density at radius 2 is 1.37 bits per heavy atom. The molecule has 1 N–H and O–H groups in total. The molecule has 0 bridgehead atoms. The fourth-order valence-electron chi connectivity index (χ4n) is 4.49. The third-order valence-corrected chi connectivity index (χ3v) is 8.54. The molecule has 8 nitrogen and oxygen atoms in total. The lowest BCUT2D eigenvalue weighted by molar-refractivity contribution is -0.139. The van der Waals surface area contributed by atoms with Gasteiger partial charge in [-0.3, -0.25) is 13.9 Å². The van der Waals surface area contributed by atoms with E-state index in [0.29, 0.717) is 27.1 Å². The molecule has 0 spiro atoms. The molecule has 11 heteroatoms. The fraction of sp³-hybridized carbons (Fsp3) is 0.188. The van der Waals surface area contributed by atoms with Crippen molar-refractivity contribution in [2.24, 2.45) is 0 Å². The highest BCUT2D eigenvalue weighted by Crippen LogP contribution is 2.29. The van der Waals surface area contributed by atoms with Crippen molar-refractivity contribution in [1.82, 2.24) is 10.2 Å². The van der Waals surface area contributed by atoms with Gasteiger partial charge in [-0.2, -0.15) is 0 Å². The molecule has 224 valence electrons. The van der Waals surface area contributed by atoms with Crippen LogP contribution >= 0.6 is 23.2 Å². The van der Waals surface area contributed by atoms with Crippen LogP contribution in [0.1, 0.15) is 11.1 Å². The molecule has 0 radical (unpaired) electrons. The number of hydrogen-bond donors (Lipinski definition) is 1. The predicted octanol–water partition coefficient (Wildman–Crippen LogP) is 5.94. The predicted molar refractivity (Wildman–Crippen MR) is 170 cm³/mol. The Morgan fingerprint density at radius 3 is 1.93 bits per heavy atom. The Morgan fingerprint density at radius 1 is 0.814 bits per heavy atom. The van der Waals surface area contributed by atoms with Crippen molar-refractivity contribution in [2.45, 2.75) is 19.0 Å². The summed E-state index contributed by atoms with van der Waals surface area (Å²) in [6, 6.07) is 28.7. The van der Waals surface area contributed by atoms with Crippen LogP contribution in [0.25, 0.3) is 0 Å². The first-order valence-electron chi connectivity index (χ1n) is 13.4. The Bertz CT molecular complexity index is 1630. The van der Waals surface area contributed by atoms with Gasteiger partial charge < -0.3 is 15.0 Å². The molecule has 0 unspecified atom stereocenters. The van der Waals surface area contributed by atoms with Crippen LogP contribution in [-0.2, 0) is 32.6 Å². The highest BCUT2D eigenvalue weighted by Gasteiger charge is 2.33. The average molecular weight is 641 g/mol. The average Bonchev–Trinajstić information content (AvgIpc) is 2.99. The monoisotopic (exact) mass is 639 g/mol. The normalized spacial score (nSPS) is 11.8. The van der Waals surface area contributed by atoms with Crippen LogP contribution in [0, 0.1) is 0 Å². The van der Waals surface area contributed by atoms with Crippen LogP contribution in [0.5, 0.6) is 11.5 Å². The minimum absolute atomic E-state index is 0.121. The van der Waals surface area contributed by atoms with Gasteiger partial charge in [-0.1, -0.05) is 77.8 Å². The van der Waals surface area contributed by atoms with E-state index in [-0.39, 0.29) is 18.7 Å². The van der Waals surface area contributed by atoms with E-state index in [1.165, 1.54) is 11.9 Å². The number of nitrogens with zero attached hydrogens (tertiary/aromatic N) is 2. The fourth-order valence-corrected chi connectivity index (χ4v) is 5.86. The van der Waals surface area contributed by atoms with Crippen molar-refractivity contribution in [3.63, 3.8) is 0 Å². The molecule has 4 aromatic rings. The van der Waals surface area contributed by atoms with Crippen LogP contribution in [0.3, 0.4) is 0 Å². The van der Waals surface area contributed by atoms with E-state index in [0.717, 1.165) is 16.1 Å². The molecule has 4 aromatic carbocycles. The number of para-hydroxylation sites is 1. The first kappa shape index (κ1) is 31.9. The number of likely N-dealkylation sites (N-methyl/N-ethyl adjacent to an activating group) is 1. The molecule has 0 saturated carbocycles. The highest BCUT2D eigenvalue weighted by atomic mass is 35.5. The molecule has 0 fully saturated rings. The van der Waals surface area contributed by atoms with Gasteiger partial charge >= 0.3 is 0 Å². The lowest BCUT2D eigenvalue weighted by atomic mass is 10.0. The first-order valence-corrected chi connectivity index (χ1v) is 16.0. The number of amides is 2. The highest BCUT2D eigenvalue weighted by molar-refractivity contribution is 7.92. The van der Waals surface area contributed by atoms with Crippen molar-refractivity contribution in [1.29, 1.82) is 0 Å². The van der Waals surface area contributed by atoms with Gasteiger partial charge in [0.2, 0.25) is 21.8 Å². The molecule has 0 saturated heterocycles. The van der Waals surface area contributed by atoms with Gasteiger partial charge in [0.05, 0.1) is 11.9 Å². The van der Waals surface area contributed by atoms with Crippen LogP contribution in [0.2, 0.25) is 10.0 Å². The molecule has 0 aromatic heterocycles. The van der Waals surface area contributed by atoms with Crippen molar-refractivity contribution >= 4 is 50.7 Å². The van der Waals surface area contributed by atoms with E-state index >= 15 is 0 Å². The smallest absolute Gasteiger partial charge is 0.244 e. The Kier molecular flexibility index (Phi) is 10.7. The summed E-state index contributed by atoms with van der Waals surface area (Å²) < 4.78 is 32.8. The second-order valence-electron chi connectivity index (χ2n) is 9.72. The zero-order valence-corrected chi connectivity index (χ0v) is 25.9. The van der Waals surface area contributed by atoms with Crippen LogP contribution in [0.15, 0.2) is 103 Å². The summed E-state index contributed by atoms with van der Waals surface area (Å²) in [4.78, 5) is 28.7. The number of anilines is 1. The molecule has 4 rings (SSSR count). The van der Waals surface area contributed by atoms with Crippen molar-refractivity contribution in [3.05, 3.63) is 124 Å². The van der Waals surface area contributed by atoms with Gasteiger partial charge in [-0.05, 0) is 54.1 Å². The number of nitrogens with one attached hydrogen (secondary N) is 1. The summed E-state index contributed by atoms with van der Waals surface area (Å²) in [6.07, 6.45) is 1.20. The van der Waals surface area contributed by atoms with E-state index in [9.17, 15) is 18.0 Å². The van der Waals surface area contributed by atoms with Gasteiger partial charge in [0.15, 0.2) is 0 Å². The zero-order valence-electron chi connectivity index (χ0n) is 23.6. The number of rotatable bonds is 12. The molecule has 2 amide bonds. The largest absolute Gasteiger partial charge is 0.457 e. The molecule has 43 heavy (non-hydrogen) atoms. The SMILES string of the molecule is CNC(=O)[C@@H](Cc1ccccc1)N(Cc1c(Cl)cccc1Cl)C(=O)CN(c1ccc(Oc2ccccc2)cc1)S(C)(=O)=O. The Hall–Kier alpha value is -4.05. The zero-order chi connectivity index (χ0) is 31.0. The minimum Gasteiger partial charge on any atom is -0.457 e. The van der Waals surface area contributed by atoms with Crippen molar-refractivity contribution in [2.75, 3.05) is 24.2 Å². The van der Waals surface area contributed by atoms with E-state index in [1.807, 2.05) is 48.5 Å². The van der Waals surface area contributed by atoms with Gasteiger partial charge in [0.25, 0.3) is 0 Å². The number of carbonyl (C=O) groups excluding carboxylic acids is 2. The first-order chi connectivity index (χ1) is 20.6. The standard InChI is InChI=1S/C32H31Cl2N3O5S/c1-35-32(39)30(20-23-10-5-3-6-11-23)36(21-27-28(33)14-9-15-29(27)34)31(38)22-37(43(2,40)41)24-16-18-26(19-17-24)42-25-12-7-4-8-13-25/h3-19,30H,20-22H2,1-2H3,(H,35,39)/t30-/m1/s1. The summed E-state index contributed by atoms with van der Waals surface area (Å²) in [5, 5.41) is 3.26.